The summed E-state index contributed by atoms with van der Waals surface area (Å²) in [6.07, 6.45) is 0. The van der Waals surface area contributed by atoms with Crippen LogP contribution in [0, 0.1) is 5.95 Å². The Bertz CT molecular complexity index is 551. The van der Waals surface area contributed by atoms with Crippen LogP contribution in [0.2, 0.25) is 0 Å². The number of methoxy groups -OCH3 is 1. The molecule has 1 unspecified atom stereocenters. The fraction of sp³-hybridized carbons (Fsp3) is 0.353. The highest BCUT2D eigenvalue weighted by molar-refractivity contribution is 7.15. The van der Waals surface area contributed by atoms with E-state index in [1.165, 1.54) is 6.07 Å². The van der Waals surface area contributed by atoms with Crippen LogP contribution in [0.5, 0.6) is 5.75 Å². The predicted molar refractivity (Wildman–Crippen MR) is 97.4 cm³/mol. The first-order valence-corrected chi connectivity index (χ1v) is 8.59. The maximum atomic E-state index is 13.3. The smallest absolute Gasteiger partial charge is 0.220 e. The summed E-state index contributed by atoms with van der Waals surface area (Å²) in [5, 5.41) is 11.9. The Morgan fingerprint density at radius 3 is 2.22 bits per heavy atom. The van der Waals surface area contributed by atoms with Crippen LogP contribution in [0.15, 0.2) is 36.4 Å². The molecule has 0 amide bonds. The highest BCUT2D eigenvalue weighted by Gasteiger charge is 2.04. The van der Waals surface area contributed by atoms with Crippen molar-refractivity contribution in [1.82, 2.24) is 4.98 Å². The van der Waals surface area contributed by atoms with Gasteiger partial charge < -0.3 is 15.2 Å². The van der Waals surface area contributed by atoms with Crippen molar-refractivity contribution in [3.8, 4) is 5.75 Å². The van der Waals surface area contributed by atoms with E-state index in [0.717, 1.165) is 11.3 Å². The summed E-state index contributed by atoms with van der Waals surface area (Å²) in [5.74, 6) is 0.577. The van der Waals surface area contributed by atoms with Crippen molar-refractivity contribution in [2.75, 3.05) is 19.1 Å². The highest BCUT2D eigenvalue weighted by Crippen LogP contribution is 2.14. The predicted octanol–water partition coefficient (Wildman–Crippen LogP) is 3.85. The number of aromatic nitrogens is 1. The zero-order chi connectivity index (χ0) is 17.7. The van der Waals surface area contributed by atoms with E-state index < -0.39 is 5.95 Å². The molecule has 0 saturated carbocycles. The molecule has 2 rings (SSSR count). The van der Waals surface area contributed by atoms with E-state index in [9.17, 15) is 4.39 Å². The van der Waals surface area contributed by atoms with Crippen LogP contribution in [-0.4, -0.2) is 23.9 Å². The molecule has 0 spiro atoms. The summed E-state index contributed by atoms with van der Waals surface area (Å²) in [4.78, 5) is 3.73. The molecule has 0 fully saturated rings. The second-order valence-electron chi connectivity index (χ2n) is 4.01. The third-order valence-electron chi connectivity index (χ3n) is 2.73. The van der Waals surface area contributed by atoms with Crippen molar-refractivity contribution in [2.45, 2.75) is 27.0 Å². The maximum Gasteiger partial charge on any atom is 0.220 e. The number of hydrogen-bond donors (Lipinski definition) is 2. The van der Waals surface area contributed by atoms with Gasteiger partial charge in [0, 0.05) is 12.1 Å². The third kappa shape index (κ3) is 7.40. The Labute approximate surface area is 140 Å². The molecular weight excluding hydrogens is 314 g/mol. The van der Waals surface area contributed by atoms with Gasteiger partial charge in [0.15, 0.2) is 0 Å². The van der Waals surface area contributed by atoms with Gasteiger partial charge in [-0.1, -0.05) is 32.6 Å². The Morgan fingerprint density at radius 2 is 1.74 bits per heavy atom. The number of halogens is 1. The number of benzene rings is 1. The molecule has 4 nitrogen and oxygen atoms in total. The standard InChI is InChI=1S/C14H15FN2O2.C2H6.CH5P/c1-19-12-5-2-10(3-6-12)8-16-13-7-4-11(9-18)14(15)17-13;2*1-2/h2-7,18H,8-9H2,1H3,(H,16,17);1-2H3;2H2,1H3. The number of aliphatic hydroxyl groups excluding tert-OH is 1. The van der Waals surface area contributed by atoms with Crippen LogP contribution in [0.4, 0.5) is 10.2 Å². The quantitative estimate of drug-likeness (QED) is 0.641. The van der Waals surface area contributed by atoms with Gasteiger partial charge in [0.2, 0.25) is 5.95 Å². The molecule has 1 atom stereocenters. The van der Waals surface area contributed by atoms with E-state index >= 15 is 0 Å². The number of nitrogens with zero attached hydrogens (tertiary/aromatic N) is 1. The van der Waals surface area contributed by atoms with E-state index in [-0.39, 0.29) is 12.2 Å². The summed E-state index contributed by atoms with van der Waals surface area (Å²) in [6.45, 7) is 6.10. The number of ether oxygens (including phenoxy) is 1. The largest absolute Gasteiger partial charge is 0.497 e. The SMILES string of the molecule is CC.COc1ccc(CNc2ccc(CO)c(F)n2)cc1.CP. The molecule has 0 aliphatic rings. The first-order chi connectivity index (χ1) is 11.2. The molecule has 6 heteroatoms. The van der Waals surface area contributed by atoms with Crippen molar-refractivity contribution < 1.29 is 14.2 Å². The molecule has 1 aromatic heterocycles. The maximum absolute atomic E-state index is 13.3. The van der Waals surface area contributed by atoms with E-state index in [1.54, 1.807) is 13.2 Å². The van der Waals surface area contributed by atoms with Crippen molar-refractivity contribution >= 4 is 15.1 Å². The van der Waals surface area contributed by atoms with E-state index in [2.05, 4.69) is 19.5 Å². The highest BCUT2D eigenvalue weighted by atomic mass is 31.0. The Morgan fingerprint density at radius 1 is 1.13 bits per heavy atom. The van der Waals surface area contributed by atoms with Gasteiger partial charge in [-0.3, -0.25) is 0 Å². The second-order valence-corrected chi connectivity index (χ2v) is 4.01. The molecule has 0 aliphatic carbocycles. The minimum absolute atomic E-state index is 0.190. The summed E-state index contributed by atoms with van der Waals surface area (Å²) in [5.41, 5.74) is 1.23. The Balaban J connectivity index is 0.00000112. The number of aliphatic hydroxyl groups is 1. The first-order valence-electron chi connectivity index (χ1n) is 7.43. The lowest BCUT2D eigenvalue weighted by atomic mass is 10.2. The summed E-state index contributed by atoms with van der Waals surface area (Å²) >= 11 is 0. The molecule has 2 aromatic rings. The molecular formula is C17H26FN2O2P. The van der Waals surface area contributed by atoms with Crippen molar-refractivity contribution in [3.05, 3.63) is 53.5 Å². The summed E-state index contributed by atoms with van der Waals surface area (Å²) in [6, 6.07) is 10.7. The second kappa shape index (κ2) is 12.8. The van der Waals surface area contributed by atoms with Crippen LogP contribution >= 0.6 is 9.24 Å². The lowest BCUT2D eigenvalue weighted by Crippen LogP contribution is -2.04. The first kappa shape index (κ1) is 21.3. The monoisotopic (exact) mass is 340 g/mol. The minimum atomic E-state index is -0.651. The minimum Gasteiger partial charge on any atom is -0.497 e. The fourth-order valence-corrected chi connectivity index (χ4v) is 1.62. The molecule has 128 valence electrons. The van der Waals surface area contributed by atoms with Gasteiger partial charge in [0.1, 0.15) is 11.6 Å². The average Bonchev–Trinajstić information content (AvgIpc) is 2.64. The molecule has 23 heavy (non-hydrogen) atoms. The molecule has 2 N–H and O–H groups in total. The van der Waals surface area contributed by atoms with Crippen molar-refractivity contribution in [2.24, 2.45) is 0 Å². The van der Waals surface area contributed by atoms with Crippen LogP contribution in [0.25, 0.3) is 0 Å². The number of anilines is 1. The number of hydrogen-bond acceptors (Lipinski definition) is 4. The van der Waals surface area contributed by atoms with Gasteiger partial charge in [-0.2, -0.15) is 4.39 Å². The molecule has 1 heterocycles. The average molecular weight is 340 g/mol. The number of nitrogens with one attached hydrogen (secondary N) is 1. The normalized spacial score (nSPS) is 9.00. The Hall–Kier alpha value is -1.71. The van der Waals surface area contributed by atoms with Gasteiger partial charge in [-0.15, -0.1) is 9.24 Å². The van der Waals surface area contributed by atoms with Gasteiger partial charge in [0.05, 0.1) is 13.7 Å². The summed E-state index contributed by atoms with van der Waals surface area (Å²) in [7, 11) is 4.03. The summed E-state index contributed by atoms with van der Waals surface area (Å²) < 4.78 is 18.4. The van der Waals surface area contributed by atoms with Crippen molar-refractivity contribution in [1.29, 1.82) is 0 Å². The van der Waals surface area contributed by atoms with Gasteiger partial charge in [0.25, 0.3) is 0 Å². The van der Waals surface area contributed by atoms with Crippen LogP contribution in [0.1, 0.15) is 25.0 Å². The lowest BCUT2D eigenvalue weighted by Gasteiger charge is -2.07. The molecule has 0 saturated heterocycles. The zero-order valence-corrected chi connectivity index (χ0v) is 15.3. The third-order valence-corrected chi connectivity index (χ3v) is 2.73. The number of pyridine rings is 1. The van der Waals surface area contributed by atoms with Gasteiger partial charge >= 0.3 is 0 Å². The van der Waals surface area contributed by atoms with Crippen LogP contribution in [-0.2, 0) is 13.2 Å². The zero-order valence-electron chi connectivity index (χ0n) is 14.1. The number of rotatable bonds is 5. The lowest BCUT2D eigenvalue weighted by molar-refractivity contribution is 0.274. The molecule has 0 bridgehead atoms. The van der Waals surface area contributed by atoms with Gasteiger partial charge in [-0.25, -0.2) is 4.98 Å². The topological polar surface area (TPSA) is 54.4 Å². The van der Waals surface area contributed by atoms with Gasteiger partial charge in [-0.05, 0) is 29.8 Å². The Kier molecular flexibility index (Phi) is 11.8. The van der Waals surface area contributed by atoms with E-state index in [4.69, 9.17) is 9.84 Å². The van der Waals surface area contributed by atoms with E-state index in [1.807, 2.05) is 44.8 Å². The molecule has 0 radical (unpaired) electrons. The van der Waals surface area contributed by atoms with Crippen molar-refractivity contribution in [3.63, 3.8) is 0 Å². The van der Waals surface area contributed by atoms with Crippen LogP contribution < -0.4 is 10.1 Å². The van der Waals surface area contributed by atoms with Crippen LogP contribution in [0.3, 0.4) is 0 Å². The molecule has 1 aromatic carbocycles. The van der Waals surface area contributed by atoms with E-state index in [0.29, 0.717) is 12.4 Å². The molecule has 0 aliphatic heterocycles. The fourth-order valence-electron chi connectivity index (χ4n) is 1.62.